The number of unbranched alkanes of at least 4 members (excludes halogenated alkanes) is 2. The fourth-order valence-electron chi connectivity index (χ4n) is 3.04. The summed E-state index contributed by atoms with van der Waals surface area (Å²) < 4.78 is 0. The van der Waals surface area contributed by atoms with E-state index in [-0.39, 0.29) is 23.7 Å². The van der Waals surface area contributed by atoms with Crippen LogP contribution in [0.15, 0.2) is 46.6 Å². The van der Waals surface area contributed by atoms with Crippen LogP contribution in [0, 0.1) is 0 Å². The van der Waals surface area contributed by atoms with E-state index in [0.717, 1.165) is 12.8 Å². The summed E-state index contributed by atoms with van der Waals surface area (Å²) in [5.74, 6) is -0.515. The van der Waals surface area contributed by atoms with Gasteiger partial charge in [0, 0.05) is 38.6 Å². The Morgan fingerprint density at radius 2 is 1.12 bits per heavy atom. The number of amides is 2. The van der Waals surface area contributed by atoms with Crippen molar-refractivity contribution in [3.8, 4) is 11.4 Å². The van der Waals surface area contributed by atoms with Gasteiger partial charge in [-0.1, -0.05) is 0 Å². The Morgan fingerprint density at radius 1 is 0.706 bits per heavy atom. The van der Waals surface area contributed by atoms with E-state index in [4.69, 9.17) is 22.9 Å². The van der Waals surface area contributed by atoms with E-state index in [1.165, 1.54) is 0 Å². The lowest BCUT2D eigenvalue weighted by Gasteiger charge is -2.12. The number of guanidine groups is 2. The highest BCUT2D eigenvalue weighted by molar-refractivity contribution is 6.04. The summed E-state index contributed by atoms with van der Waals surface area (Å²) in [7, 11) is 0. The van der Waals surface area contributed by atoms with Crippen molar-refractivity contribution in [2.45, 2.75) is 25.7 Å². The Bertz CT molecular complexity index is 933. The molecule has 10 N–H and O–H groups in total. The number of carbonyl (C=O) groups is 2. The highest BCUT2D eigenvalue weighted by Gasteiger charge is 2.20. The van der Waals surface area contributed by atoms with Crippen molar-refractivity contribution in [1.82, 2.24) is 20.6 Å². The van der Waals surface area contributed by atoms with Crippen molar-refractivity contribution in [2.24, 2.45) is 32.9 Å². The summed E-state index contributed by atoms with van der Waals surface area (Å²) >= 11 is 0. The zero-order chi connectivity index (χ0) is 24.8. The summed E-state index contributed by atoms with van der Waals surface area (Å²) in [6.45, 7) is 1.89. The molecule has 2 aromatic heterocycles. The maximum absolute atomic E-state index is 12.8. The largest absolute Gasteiger partial charge is 0.370 e. The number of hydrogen-bond donors (Lipinski definition) is 6. The summed E-state index contributed by atoms with van der Waals surface area (Å²) in [5, 5.41) is 5.72. The smallest absolute Gasteiger partial charge is 0.253 e. The molecule has 0 saturated heterocycles. The maximum atomic E-state index is 12.8. The van der Waals surface area contributed by atoms with Crippen LogP contribution < -0.4 is 33.6 Å². The molecule has 0 aromatic carbocycles. The van der Waals surface area contributed by atoms with Crippen LogP contribution >= 0.6 is 0 Å². The molecule has 2 heterocycles. The number of rotatable bonds is 13. The topological polar surface area (TPSA) is 213 Å². The Labute approximate surface area is 198 Å². The third kappa shape index (κ3) is 8.73. The molecule has 0 atom stereocenters. The number of nitrogens with one attached hydrogen (secondary N) is 2. The van der Waals surface area contributed by atoms with E-state index < -0.39 is 0 Å². The van der Waals surface area contributed by atoms with Crippen LogP contribution in [-0.2, 0) is 0 Å². The lowest BCUT2D eigenvalue weighted by Crippen LogP contribution is -2.27. The van der Waals surface area contributed by atoms with Crippen LogP contribution in [0.1, 0.15) is 46.4 Å². The van der Waals surface area contributed by atoms with Crippen molar-refractivity contribution in [3.05, 3.63) is 47.8 Å². The van der Waals surface area contributed by atoms with Gasteiger partial charge in [0.15, 0.2) is 11.9 Å². The SMILES string of the molecule is NC(N)=NCCCCNC(=O)c1cccnc1-c1ncccc1C(=O)NCCCCN=C(N)N. The number of nitrogens with zero attached hydrogens (tertiary/aromatic N) is 4. The summed E-state index contributed by atoms with van der Waals surface area (Å²) in [6, 6.07) is 6.63. The van der Waals surface area contributed by atoms with Gasteiger partial charge in [-0.05, 0) is 49.9 Å². The Hall–Kier alpha value is -4.22. The number of aromatic nitrogens is 2. The van der Waals surface area contributed by atoms with E-state index in [0.29, 0.717) is 61.5 Å². The molecule has 0 fully saturated rings. The van der Waals surface area contributed by atoms with Gasteiger partial charge in [-0.2, -0.15) is 0 Å². The highest BCUT2D eigenvalue weighted by Crippen LogP contribution is 2.23. The molecule has 34 heavy (non-hydrogen) atoms. The van der Waals surface area contributed by atoms with Gasteiger partial charge in [0.05, 0.1) is 11.1 Å². The standard InChI is InChI=1S/C22H32N10O2/c23-21(24)31-11-3-1-9-29-19(33)15-7-5-13-27-17(15)18-16(8-6-14-28-18)20(34)30-10-2-4-12-32-22(25)26/h5-8,13-14H,1-4,9-12H2,(H,29,33)(H,30,34)(H4,23,24,31)(H4,25,26,32). The van der Waals surface area contributed by atoms with Crippen molar-refractivity contribution in [1.29, 1.82) is 0 Å². The Kier molecular flexibility index (Phi) is 10.7. The molecule has 2 aromatic rings. The molecular weight excluding hydrogens is 436 g/mol. The molecule has 12 heteroatoms. The zero-order valence-electron chi connectivity index (χ0n) is 19.0. The fourth-order valence-corrected chi connectivity index (χ4v) is 3.04. The summed E-state index contributed by atoms with van der Waals surface area (Å²) in [4.78, 5) is 42.1. The Morgan fingerprint density at radius 3 is 1.50 bits per heavy atom. The van der Waals surface area contributed by atoms with E-state index in [1.54, 1.807) is 36.7 Å². The van der Waals surface area contributed by atoms with Crippen LogP contribution in [0.4, 0.5) is 0 Å². The van der Waals surface area contributed by atoms with Crippen LogP contribution in [-0.4, -0.2) is 59.9 Å². The number of hydrogen-bond acceptors (Lipinski definition) is 6. The van der Waals surface area contributed by atoms with Gasteiger partial charge in [-0.3, -0.25) is 29.5 Å². The van der Waals surface area contributed by atoms with Gasteiger partial charge in [0.1, 0.15) is 11.4 Å². The molecular formula is C22H32N10O2. The minimum absolute atomic E-state index is 0.0465. The predicted molar refractivity (Wildman–Crippen MR) is 132 cm³/mol. The first kappa shape index (κ1) is 26.0. The average Bonchev–Trinajstić information content (AvgIpc) is 2.82. The van der Waals surface area contributed by atoms with Crippen LogP contribution in [0.3, 0.4) is 0 Å². The van der Waals surface area contributed by atoms with Crippen molar-refractivity contribution in [2.75, 3.05) is 26.2 Å². The quantitative estimate of drug-likeness (QED) is 0.130. The third-order valence-electron chi connectivity index (χ3n) is 4.66. The number of carbonyl (C=O) groups excluding carboxylic acids is 2. The second-order valence-electron chi connectivity index (χ2n) is 7.34. The van der Waals surface area contributed by atoms with Gasteiger partial charge >= 0.3 is 0 Å². The van der Waals surface area contributed by atoms with Crippen molar-refractivity contribution in [3.63, 3.8) is 0 Å². The molecule has 2 amide bonds. The first-order chi connectivity index (χ1) is 16.4. The first-order valence-electron chi connectivity index (χ1n) is 11.0. The van der Waals surface area contributed by atoms with Crippen molar-refractivity contribution >= 4 is 23.7 Å². The van der Waals surface area contributed by atoms with Crippen molar-refractivity contribution < 1.29 is 9.59 Å². The Balaban J connectivity index is 2.03. The average molecular weight is 469 g/mol. The zero-order valence-corrected chi connectivity index (χ0v) is 19.0. The van der Waals surface area contributed by atoms with E-state index >= 15 is 0 Å². The third-order valence-corrected chi connectivity index (χ3v) is 4.66. The highest BCUT2D eigenvalue weighted by atomic mass is 16.2. The van der Waals surface area contributed by atoms with Gasteiger partial charge in [-0.25, -0.2) is 0 Å². The normalized spacial score (nSPS) is 10.2. The van der Waals surface area contributed by atoms with Gasteiger partial charge in [0.25, 0.3) is 11.8 Å². The molecule has 0 aliphatic carbocycles. The second kappa shape index (κ2) is 14.0. The molecule has 12 nitrogen and oxygen atoms in total. The summed E-state index contributed by atoms with van der Waals surface area (Å²) in [6.07, 6.45) is 5.99. The molecule has 0 aliphatic rings. The minimum Gasteiger partial charge on any atom is -0.370 e. The number of aliphatic imine (C=N–C) groups is 2. The minimum atomic E-state index is -0.304. The van der Waals surface area contributed by atoms with Gasteiger partial charge in [0.2, 0.25) is 0 Å². The molecule has 0 spiro atoms. The number of nitrogens with two attached hydrogens (primary N) is 4. The molecule has 2 rings (SSSR count). The monoisotopic (exact) mass is 468 g/mol. The molecule has 0 bridgehead atoms. The fraction of sp³-hybridized carbons (Fsp3) is 0.364. The van der Waals surface area contributed by atoms with Crippen LogP contribution in [0.25, 0.3) is 11.4 Å². The predicted octanol–water partition coefficient (Wildman–Crippen LogP) is -0.290. The maximum Gasteiger partial charge on any atom is 0.253 e. The van der Waals surface area contributed by atoms with Gasteiger partial charge in [-0.15, -0.1) is 0 Å². The first-order valence-corrected chi connectivity index (χ1v) is 11.0. The molecule has 0 unspecified atom stereocenters. The molecule has 0 saturated carbocycles. The lowest BCUT2D eigenvalue weighted by atomic mass is 10.0. The van der Waals surface area contributed by atoms with E-state index in [2.05, 4.69) is 30.6 Å². The second-order valence-corrected chi connectivity index (χ2v) is 7.34. The molecule has 0 aliphatic heterocycles. The molecule has 0 radical (unpaired) electrons. The van der Waals surface area contributed by atoms with E-state index in [9.17, 15) is 9.59 Å². The lowest BCUT2D eigenvalue weighted by molar-refractivity contribution is 0.0943. The van der Waals surface area contributed by atoms with Gasteiger partial charge < -0.3 is 33.6 Å². The summed E-state index contributed by atoms with van der Waals surface area (Å²) in [5.41, 5.74) is 22.5. The number of pyridine rings is 2. The van der Waals surface area contributed by atoms with Crippen LogP contribution in [0.2, 0.25) is 0 Å². The van der Waals surface area contributed by atoms with Crippen LogP contribution in [0.5, 0.6) is 0 Å². The van der Waals surface area contributed by atoms with E-state index in [1.807, 2.05) is 0 Å². The molecule has 182 valence electrons.